The molecule has 19 heavy (non-hydrogen) atoms. The minimum Gasteiger partial charge on any atom is -0.409 e. The molecule has 2 unspecified atom stereocenters. The lowest BCUT2D eigenvalue weighted by atomic mass is 10.0. The first-order valence-corrected chi connectivity index (χ1v) is 6.15. The Balaban J connectivity index is 2.06. The number of carbonyl (C=O) groups excluding carboxylic acids is 1. The number of amides is 1. The summed E-state index contributed by atoms with van der Waals surface area (Å²) < 4.78 is 13.0. The zero-order valence-electron chi connectivity index (χ0n) is 10.3. The van der Waals surface area contributed by atoms with Crippen LogP contribution < -0.4 is 11.1 Å². The summed E-state index contributed by atoms with van der Waals surface area (Å²) in [5.74, 6) is -0.834. The molecule has 0 heterocycles. The van der Waals surface area contributed by atoms with Crippen LogP contribution in [0, 0.1) is 11.7 Å². The lowest BCUT2D eigenvalue weighted by Crippen LogP contribution is -2.42. The van der Waals surface area contributed by atoms with Crippen molar-refractivity contribution in [2.45, 2.75) is 25.3 Å². The third kappa shape index (κ3) is 3.01. The van der Waals surface area contributed by atoms with Crippen molar-refractivity contribution in [3.63, 3.8) is 0 Å². The van der Waals surface area contributed by atoms with Crippen LogP contribution in [0.2, 0.25) is 0 Å². The molecule has 1 aliphatic rings. The number of hydrogen-bond donors (Lipinski definition) is 3. The Labute approximate surface area is 110 Å². The van der Waals surface area contributed by atoms with E-state index >= 15 is 0 Å². The van der Waals surface area contributed by atoms with Gasteiger partial charge in [0.05, 0.1) is 0 Å². The summed E-state index contributed by atoms with van der Waals surface area (Å²) in [7, 11) is 0. The first kappa shape index (κ1) is 13.3. The molecule has 1 aromatic rings. The summed E-state index contributed by atoms with van der Waals surface area (Å²) in [6, 6.07) is 5.33. The number of nitrogens with two attached hydrogens (primary N) is 1. The molecule has 1 fully saturated rings. The fraction of sp³-hybridized carbons (Fsp3) is 0.385. The third-order valence-corrected chi connectivity index (χ3v) is 3.41. The van der Waals surface area contributed by atoms with Gasteiger partial charge in [0.2, 0.25) is 0 Å². The summed E-state index contributed by atoms with van der Waals surface area (Å²) >= 11 is 0. The highest BCUT2D eigenvalue weighted by Crippen LogP contribution is 2.26. The number of hydrogen-bond acceptors (Lipinski definition) is 3. The topological polar surface area (TPSA) is 87.7 Å². The van der Waals surface area contributed by atoms with Crippen LogP contribution >= 0.6 is 0 Å². The van der Waals surface area contributed by atoms with Gasteiger partial charge in [-0.2, -0.15) is 0 Å². The third-order valence-electron chi connectivity index (χ3n) is 3.41. The number of nitrogens with one attached hydrogen (secondary N) is 1. The zero-order chi connectivity index (χ0) is 13.8. The minimum absolute atomic E-state index is 0.127. The highest BCUT2D eigenvalue weighted by molar-refractivity contribution is 5.95. The maximum Gasteiger partial charge on any atom is 0.251 e. The molecule has 0 saturated heterocycles. The van der Waals surface area contributed by atoms with E-state index in [1.807, 2.05) is 0 Å². The lowest BCUT2D eigenvalue weighted by Gasteiger charge is -2.19. The average Bonchev–Trinajstić information content (AvgIpc) is 2.86. The Kier molecular flexibility index (Phi) is 3.99. The molecule has 1 saturated carbocycles. The van der Waals surface area contributed by atoms with Gasteiger partial charge in [-0.1, -0.05) is 17.6 Å². The van der Waals surface area contributed by atoms with E-state index in [1.165, 1.54) is 18.2 Å². The standard InChI is InChI=1S/C13H16FN3O2/c14-9-4-1-3-8(7-9)13(18)16-11-6-2-5-10(11)12(15)17-19/h1,3-4,7,10-11,19H,2,5-6H2,(H2,15,17)(H,16,18). The van der Waals surface area contributed by atoms with Gasteiger partial charge in [-0.15, -0.1) is 0 Å². The van der Waals surface area contributed by atoms with Crippen LogP contribution in [-0.4, -0.2) is 23.0 Å². The van der Waals surface area contributed by atoms with Gasteiger partial charge in [0.25, 0.3) is 5.91 Å². The molecular formula is C13H16FN3O2. The minimum atomic E-state index is -0.452. The Morgan fingerprint density at radius 3 is 2.95 bits per heavy atom. The van der Waals surface area contributed by atoms with Crippen molar-refractivity contribution in [3.05, 3.63) is 35.6 Å². The molecule has 102 valence electrons. The van der Waals surface area contributed by atoms with Gasteiger partial charge in [-0.05, 0) is 31.0 Å². The molecule has 5 nitrogen and oxygen atoms in total. The molecule has 0 aliphatic heterocycles. The molecule has 0 bridgehead atoms. The number of rotatable bonds is 3. The molecule has 1 aromatic carbocycles. The molecule has 0 aromatic heterocycles. The number of carbonyl (C=O) groups is 1. The van der Waals surface area contributed by atoms with E-state index in [0.29, 0.717) is 0 Å². The first-order valence-electron chi connectivity index (χ1n) is 6.15. The first-order chi connectivity index (χ1) is 9.11. The fourth-order valence-corrected chi connectivity index (χ4v) is 2.44. The van der Waals surface area contributed by atoms with Crippen molar-refractivity contribution in [2.75, 3.05) is 0 Å². The molecule has 2 atom stereocenters. The second kappa shape index (κ2) is 5.69. The Morgan fingerprint density at radius 1 is 1.47 bits per heavy atom. The molecule has 0 spiro atoms. The number of nitrogens with zero attached hydrogens (tertiary/aromatic N) is 1. The van der Waals surface area contributed by atoms with Gasteiger partial charge < -0.3 is 16.3 Å². The fourth-order valence-electron chi connectivity index (χ4n) is 2.44. The van der Waals surface area contributed by atoms with E-state index in [9.17, 15) is 9.18 Å². The van der Waals surface area contributed by atoms with Gasteiger partial charge in [0.1, 0.15) is 11.7 Å². The van der Waals surface area contributed by atoms with E-state index < -0.39 is 5.82 Å². The normalized spacial score (nSPS) is 23.3. The molecule has 4 N–H and O–H groups in total. The van der Waals surface area contributed by atoms with Crippen molar-refractivity contribution in [2.24, 2.45) is 16.8 Å². The Bertz CT molecular complexity index is 504. The number of amidine groups is 1. The van der Waals surface area contributed by atoms with Crippen molar-refractivity contribution in [1.82, 2.24) is 5.32 Å². The second-order valence-electron chi connectivity index (χ2n) is 4.65. The maximum absolute atomic E-state index is 13.0. The molecule has 2 rings (SSSR count). The van der Waals surface area contributed by atoms with Gasteiger partial charge >= 0.3 is 0 Å². The van der Waals surface area contributed by atoms with Crippen LogP contribution in [0.15, 0.2) is 29.4 Å². The van der Waals surface area contributed by atoms with Crippen LogP contribution in [0.3, 0.4) is 0 Å². The molecular weight excluding hydrogens is 249 g/mol. The van der Waals surface area contributed by atoms with Crippen molar-refractivity contribution in [3.8, 4) is 0 Å². The van der Waals surface area contributed by atoms with Crippen molar-refractivity contribution < 1.29 is 14.4 Å². The second-order valence-corrected chi connectivity index (χ2v) is 4.65. The SMILES string of the molecule is N/C(=N/O)C1CCCC1NC(=O)c1cccc(F)c1. The summed E-state index contributed by atoms with van der Waals surface area (Å²) in [6.45, 7) is 0. The summed E-state index contributed by atoms with van der Waals surface area (Å²) in [4.78, 5) is 12.0. The monoisotopic (exact) mass is 265 g/mol. The van der Waals surface area contributed by atoms with Crippen LogP contribution in [0.4, 0.5) is 4.39 Å². The quantitative estimate of drug-likeness (QED) is 0.335. The highest BCUT2D eigenvalue weighted by atomic mass is 19.1. The summed E-state index contributed by atoms with van der Waals surface area (Å²) in [5.41, 5.74) is 5.86. The molecule has 1 aliphatic carbocycles. The zero-order valence-corrected chi connectivity index (χ0v) is 10.3. The predicted molar refractivity (Wildman–Crippen MR) is 68.4 cm³/mol. The summed E-state index contributed by atoms with van der Waals surface area (Å²) in [6.07, 6.45) is 2.43. The van der Waals surface area contributed by atoms with Crippen LogP contribution in [-0.2, 0) is 0 Å². The predicted octanol–water partition coefficient (Wildman–Crippen LogP) is 1.47. The van der Waals surface area contributed by atoms with Crippen LogP contribution in [0.1, 0.15) is 29.6 Å². The smallest absolute Gasteiger partial charge is 0.251 e. The van der Waals surface area contributed by atoms with E-state index in [-0.39, 0.29) is 29.3 Å². The van der Waals surface area contributed by atoms with Gasteiger partial charge in [0.15, 0.2) is 0 Å². The van der Waals surface area contributed by atoms with Crippen molar-refractivity contribution >= 4 is 11.7 Å². The van der Waals surface area contributed by atoms with E-state index in [1.54, 1.807) is 6.07 Å². The van der Waals surface area contributed by atoms with Gasteiger partial charge in [-0.3, -0.25) is 4.79 Å². The van der Waals surface area contributed by atoms with E-state index in [2.05, 4.69) is 10.5 Å². The average molecular weight is 265 g/mol. The van der Waals surface area contributed by atoms with Gasteiger partial charge in [-0.25, -0.2) is 4.39 Å². The molecule has 0 radical (unpaired) electrons. The highest BCUT2D eigenvalue weighted by Gasteiger charge is 2.31. The Morgan fingerprint density at radius 2 is 2.26 bits per heavy atom. The largest absolute Gasteiger partial charge is 0.409 e. The number of benzene rings is 1. The summed E-state index contributed by atoms with van der Waals surface area (Å²) in [5, 5.41) is 14.5. The molecule has 6 heteroatoms. The van der Waals surface area contributed by atoms with E-state index in [4.69, 9.17) is 10.9 Å². The number of oxime groups is 1. The lowest BCUT2D eigenvalue weighted by molar-refractivity contribution is 0.0933. The van der Waals surface area contributed by atoms with Crippen LogP contribution in [0.5, 0.6) is 0 Å². The Hall–Kier alpha value is -2.11. The van der Waals surface area contributed by atoms with E-state index in [0.717, 1.165) is 19.3 Å². The maximum atomic E-state index is 13.0. The number of halogens is 1. The van der Waals surface area contributed by atoms with Crippen molar-refractivity contribution in [1.29, 1.82) is 0 Å². The van der Waals surface area contributed by atoms with Gasteiger partial charge in [0, 0.05) is 17.5 Å². The molecule has 1 amide bonds. The van der Waals surface area contributed by atoms with Crippen LogP contribution in [0.25, 0.3) is 0 Å².